The predicted molar refractivity (Wildman–Crippen MR) is 111 cm³/mol. The average molecular weight is 407 g/mol. The first-order chi connectivity index (χ1) is 13.9. The summed E-state index contributed by atoms with van der Waals surface area (Å²) in [6.07, 6.45) is -0.197. The smallest absolute Gasteiger partial charge is 0.331 e. The topological polar surface area (TPSA) is 84.2 Å². The number of carbonyl (C=O) groups is 1. The molecule has 0 radical (unpaired) electrons. The Morgan fingerprint density at radius 2 is 1.66 bits per heavy atom. The molecule has 3 aromatic carbocycles. The Balaban J connectivity index is 2.03. The van der Waals surface area contributed by atoms with Gasteiger partial charge < -0.3 is 4.74 Å². The van der Waals surface area contributed by atoms with Crippen molar-refractivity contribution in [1.29, 1.82) is 5.26 Å². The minimum Gasteiger partial charge on any atom is -0.465 e. The Labute approximate surface area is 170 Å². The van der Waals surface area contributed by atoms with Gasteiger partial charge in [0.05, 0.1) is 23.3 Å². The normalized spacial score (nSPS) is 13.4. The fourth-order valence-electron chi connectivity index (χ4n) is 3.27. The van der Waals surface area contributed by atoms with Gasteiger partial charge >= 0.3 is 5.97 Å². The van der Waals surface area contributed by atoms with Crippen LogP contribution in [-0.2, 0) is 24.8 Å². The van der Waals surface area contributed by atoms with E-state index in [0.717, 1.165) is 10.8 Å². The molecular weight excluding hydrogens is 386 g/mol. The lowest BCUT2D eigenvalue weighted by molar-refractivity contribution is -0.147. The van der Waals surface area contributed by atoms with Crippen molar-refractivity contribution in [1.82, 2.24) is 0 Å². The maximum absolute atomic E-state index is 12.8. The summed E-state index contributed by atoms with van der Waals surface area (Å²) in [7, 11) is -3.66. The van der Waals surface area contributed by atoms with Crippen molar-refractivity contribution in [3.63, 3.8) is 0 Å². The van der Waals surface area contributed by atoms with Crippen molar-refractivity contribution in [2.24, 2.45) is 0 Å². The third-order valence-electron chi connectivity index (χ3n) is 4.91. The predicted octanol–water partition coefficient (Wildman–Crippen LogP) is 4.03. The van der Waals surface area contributed by atoms with Crippen LogP contribution in [-0.4, -0.2) is 26.7 Å². The van der Waals surface area contributed by atoms with Gasteiger partial charge in [0.2, 0.25) is 0 Å². The summed E-state index contributed by atoms with van der Waals surface area (Å²) in [5.41, 5.74) is -1.28. The molecule has 0 heterocycles. The van der Waals surface area contributed by atoms with Crippen molar-refractivity contribution in [2.75, 3.05) is 12.4 Å². The summed E-state index contributed by atoms with van der Waals surface area (Å²) in [4.78, 5) is 13.0. The molecule has 0 fully saturated rings. The van der Waals surface area contributed by atoms with Crippen molar-refractivity contribution in [2.45, 2.75) is 23.7 Å². The quantitative estimate of drug-likeness (QED) is 0.552. The van der Waals surface area contributed by atoms with E-state index in [2.05, 4.69) is 6.07 Å². The van der Waals surface area contributed by atoms with Crippen LogP contribution in [0.5, 0.6) is 0 Å². The number of esters is 1. The number of sulfone groups is 1. The molecule has 0 aliphatic rings. The van der Waals surface area contributed by atoms with Gasteiger partial charge in [-0.3, -0.25) is 0 Å². The molecule has 0 aliphatic heterocycles. The van der Waals surface area contributed by atoms with Crippen molar-refractivity contribution < 1.29 is 17.9 Å². The van der Waals surface area contributed by atoms with E-state index in [9.17, 15) is 18.5 Å². The molecule has 0 saturated heterocycles. The number of fused-ring (bicyclic) bond motifs is 1. The van der Waals surface area contributed by atoms with Crippen LogP contribution in [0.4, 0.5) is 0 Å². The second-order valence-electron chi connectivity index (χ2n) is 6.68. The maximum Gasteiger partial charge on any atom is 0.331 e. The number of rotatable bonds is 7. The molecule has 0 bridgehead atoms. The average Bonchev–Trinajstić information content (AvgIpc) is 2.75. The zero-order chi connectivity index (χ0) is 20.9. The van der Waals surface area contributed by atoms with E-state index in [1.165, 1.54) is 12.1 Å². The number of ether oxygens (including phenoxy) is 1. The summed E-state index contributed by atoms with van der Waals surface area (Å²) >= 11 is 0. The van der Waals surface area contributed by atoms with E-state index in [1.807, 2.05) is 30.3 Å². The Morgan fingerprint density at radius 3 is 2.31 bits per heavy atom. The molecule has 3 aromatic rings. The molecule has 0 aliphatic carbocycles. The minimum atomic E-state index is -3.66. The van der Waals surface area contributed by atoms with E-state index >= 15 is 0 Å². The second kappa shape index (κ2) is 8.46. The van der Waals surface area contributed by atoms with E-state index < -0.39 is 21.2 Å². The lowest BCUT2D eigenvalue weighted by Gasteiger charge is -2.25. The Morgan fingerprint density at radius 1 is 1.00 bits per heavy atom. The van der Waals surface area contributed by atoms with Crippen LogP contribution in [0.1, 0.15) is 18.9 Å². The highest BCUT2D eigenvalue weighted by molar-refractivity contribution is 7.91. The summed E-state index contributed by atoms with van der Waals surface area (Å²) in [5, 5.41) is 11.8. The fourth-order valence-corrected chi connectivity index (χ4v) is 4.65. The highest BCUT2D eigenvalue weighted by Gasteiger charge is 2.43. The first-order valence-electron chi connectivity index (χ1n) is 9.28. The summed E-state index contributed by atoms with van der Waals surface area (Å²) in [6.45, 7) is 1.75. The zero-order valence-electron chi connectivity index (χ0n) is 16.0. The summed E-state index contributed by atoms with van der Waals surface area (Å²) in [5.74, 6) is -1.09. The maximum atomic E-state index is 12.8. The standard InChI is InChI=1S/C23H21NO4S/c1-2-28-22(25)23(17-24,14-15-29(26,27)21-10-4-3-5-11-21)20-13-12-18-8-6-7-9-19(18)16-20/h3-13,16H,2,14-15H2,1H3/t23-/m1/s1. The van der Waals surface area contributed by atoms with Crippen LogP contribution < -0.4 is 0 Å². The molecule has 0 spiro atoms. The van der Waals surface area contributed by atoms with Gasteiger partial charge in [-0.2, -0.15) is 5.26 Å². The van der Waals surface area contributed by atoms with Crippen molar-refractivity contribution in [3.05, 3.63) is 78.4 Å². The van der Waals surface area contributed by atoms with Crippen LogP contribution >= 0.6 is 0 Å². The van der Waals surface area contributed by atoms with Gasteiger partial charge in [0, 0.05) is 0 Å². The van der Waals surface area contributed by atoms with Crippen LogP contribution in [0.2, 0.25) is 0 Å². The monoisotopic (exact) mass is 407 g/mol. The molecule has 6 heteroatoms. The van der Waals surface area contributed by atoms with Gasteiger partial charge in [0.15, 0.2) is 15.3 Å². The molecule has 148 valence electrons. The number of hydrogen-bond donors (Lipinski definition) is 0. The fraction of sp³-hybridized carbons (Fsp3) is 0.217. The van der Waals surface area contributed by atoms with Gasteiger partial charge in [-0.05, 0) is 47.9 Å². The summed E-state index contributed by atoms with van der Waals surface area (Å²) in [6, 6.07) is 22.9. The summed E-state index contributed by atoms with van der Waals surface area (Å²) < 4.78 is 30.7. The van der Waals surface area contributed by atoms with Crippen molar-refractivity contribution in [3.8, 4) is 6.07 Å². The first-order valence-corrected chi connectivity index (χ1v) is 10.9. The SMILES string of the molecule is CCOC(=O)[C@@](C#N)(CCS(=O)(=O)c1ccccc1)c1ccc2ccccc2c1. The largest absolute Gasteiger partial charge is 0.465 e. The molecule has 29 heavy (non-hydrogen) atoms. The third kappa shape index (κ3) is 4.15. The molecule has 3 rings (SSSR count). The van der Waals surface area contributed by atoms with Crippen LogP contribution in [0.3, 0.4) is 0 Å². The van der Waals surface area contributed by atoms with Gasteiger partial charge in [-0.25, -0.2) is 13.2 Å². The Bertz CT molecular complexity index is 1170. The van der Waals surface area contributed by atoms with Crippen LogP contribution in [0.25, 0.3) is 10.8 Å². The number of carbonyl (C=O) groups excluding carboxylic acids is 1. The lowest BCUT2D eigenvalue weighted by Crippen LogP contribution is -2.38. The molecule has 0 amide bonds. The van der Waals surface area contributed by atoms with Gasteiger partial charge in [-0.15, -0.1) is 0 Å². The van der Waals surface area contributed by atoms with E-state index in [4.69, 9.17) is 4.74 Å². The van der Waals surface area contributed by atoms with E-state index in [0.29, 0.717) is 5.56 Å². The minimum absolute atomic E-state index is 0.0985. The van der Waals surface area contributed by atoms with E-state index in [1.54, 1.807) is 37.3 Å². The highest BCUT2D eigenvalue weighted by Crippen LogP contribution is 2.33. The zero-order valence-corrected chi connectivity index (χ0v) is 16.9. The van der Waals surface area contributed by atoms with Gasteiger partial charge in [0.1, 0.15) is 0 Å². The third-order valence-corrected chi connectivity index (χ3v) is 6.64. The number of nitriles is 1. The molecule has 5 nitrogen and oxygen atoms in total. The van der Waals surface area contributed by atoms with Crippen molar-refractivity contribution >= 4 is 26.6 Å². The molecule has 1 atom stereocenters. The molecule has 0 saturated carbocycles. The van der Waals surface area contributed by atoms with Crippen LogP contribution in [0.15, 0.2) is 77.7 Å². The van der Waals surface area contributed by atoms with Crippen LogP contribution in [0, 0.1) is 11.3 Å². The lowest BCUT2D eigenvalue weighted by atomic mass is 9.78. The Hall–Kier alpha value is -3.17. The number of nitrogens with zero attached hydrogens (tertiary/aromatic N) is 1. The number of benzene rings is 3. The second-order valence-corrected chi connectivity index (χ2v) is 8.79. The molecule has 0 aromatic heterocycles. The van der Waals surface area contributed by atoms with Gasteiger partial charge in [-0.1, -0.05) is 54.6 Å². The van der Waals surface area contributed by atoms with Gasteiger partial charge in [0.25, 0.3) is 0 Å². The highest BCUT2D eigenvalue weighted by atomic mass is 32.2. The molecular formula is C23H21NO4S. The first kappa shape index (κ1) is 20.6. The Kier molecular flexibility index (Phi) is 6.00. The molecule has 0 N–H and O–H groups in total. The van der Waals surface area contributed by atoms with E-state index in [-0.39, 0.29) is 23.7 Å². The molecule has 0 unspecified atom stereocenters. The number of hydrogen-bond acceptors (Lipinski definition) is 5.